The second-order valence-corrected chi connectivity index (χ2v) is 3.62. The monoisotopic (exact) mass is 229 g/mol. The fourth-order valence-electron chi connectivity index (χ4n) is 1.49. The molecule has 0 aromatic carbocycles. The van der Waals surface area contributed by atoms with Gasteiger partial charge >= 0.3 is 0 Å². The van der Waals surface area contributed by atoms with Gasteiger partial charge in [-0.2, -0.15) is 0 Å². The second kappa shape index (κ2) is 5.36. The summed E-state index contributed by atoms with van der Waals surface area (Å²) < 4.78 is 0. The van der Waals surface area contributed by atoms with Gasteiger partial charge in [0.2, 0.25) is 0 Å². The van der Waals surface area contributed by atoms with Crippen molar-refractivity contribution in [2.45, 2.75) is 6.42 Å². The molecule has 17 heavy (non-hydrogen) atoms. The first-order valence-electron chi connectivity index (χ1n) is 5.48. The van der Waals surface area contributed by atoms with Gasteiger partial charge in [0.15, 0.2) is 0 Å². The third kappa shape index (κ3) is 2.76. The highest BCUT2D eigenvalue weighted by molar-refractivity contribution is 5.53. The predicted molar refractivity (Wildman–Crippen MR) is 67.1 cm³/mol. The van der Waals surface area contributed by atoms with Gasteiger partial charge in [-0.05, 0) is 24.7 Å². The summed E-state index contributed by atoms with van der Waals surface area (Å²) in [6.45, 7) is 0.552. The zero-order chi connectivity index (χ0) is 12.1. The van der Waals surface area contributed by atoms with Crippen molar-refractivity contribution in [3.05, 3.63) is 42.5 Å². The number of nitrogens with two attached hydrogens (primary N) is 1. The van der Waals surface area contributed by atoms with Crippen molar-refractivity contribution in [3.8, 4) is 0 Å². The van der Waals surface area contributed by atoms with Crippen LogP contribution in [0.25, 0.3) is 0 Å². The second-order valence-electron chi connectivity index (χ2n) is 3.62. The fourth-order valence-corrected chi connectivity index (χ4v) is 1.49. The number of rotatable bonds is 4. The molecule has 0 aliphatic heterocycles. The Morgan fingerprint density at radius 2 is 2.00 bits per heavy atom. The van der Waals surface area contributed by atoms with Gasteiger partial charge in [-0.1, -0.05) is 6.07 Å². The molecule has 0 atom stereocenters. The first-order valence-corrected chi connectivity index (χ1v) is 5.48. The van der Waals surface area contributed by atoms with Crippen LogP contribution in [0.2, 0.25) is 0 Å². The van der Waals surface area contributed by atoms with E-state index in [2.05, 4.69) is 15.0 Å². The van der Waals surface area contributed by atoms with Crippen LogP contribution in [-0.4, -0.2) is 28.5 Å². The molecule has 2 heterocycles. The molecule has 0 radical (unpaired) electrons. The van der Waals surface area contributed by atoms with E-state index in [1.165, 1.54) is 0 Å². The number of pyridine rings is 1. The Hall–Kier alpha value is -2.01. The van der Waals surface area contributed by atoms with E-state index < -0.39 is 0 Å². The average molecular weight is 229 g/mol. The van der Waals surface area contributed by atoms with Crippen LogP contribution < -0.4 is 10.6 Å². The Balaban J connectivity index is 2.25. The molecule has 0 aliphatic carbocycles. The van der Waals surface area contributed by atoms with Gasteiger partial charge in [0, 0.05) is 25.9 Å². The topological polar surface area (TPSA) is 67.9 Å². The van der Waals surface area contributed by atoms with Crippen molar-refractivity contribution in [1.29, 1.82) is 0 Å². The molecule has 2 rings (SSSR count). The van der Waals surface area contributed by atoms with E-state index in [1.807, 2.05) is 36.2 Å². The lowest BCUT2D eigenvalue weighted by atomic mass is 10.4. The van der Waals surface area contributed by atoms with Gasteiger partial charge < -0.3 is 10.6 Å². The lowest BCUT2D eigenvalue weighted by Crippen LogP contribution is -2.14. The molecule has 2 aromatic rings. The van der Waals surface area contributed by atoms with Gasteiger partial charge in [-0.3, -0.25) is 0 Å². The number of anilines is 2. The molecule has 2 aromatic heterocycles. The van der Waals surface area contributed by atoms with Crippen LogP contribution in [0.15, 0.2) is 36.7 Å². The standard InChI is InChI=1S/C12H15N5/c1-17(11-4-2-3-8-15-11)12-6-9-14-10(16-12)5-7-13/h2-4,6,8-9H,5,7,13H2,1H3. The van der Waals surface area contributed by atoms with Gasteiger partial charge in [-0.15, -0.1) is 0 Å². The molecule has 88 valence electrons. The minimum absolute atomic E-state index is 0.552. The Morgan fingerprint density at radius 1 is 1.12 bits per heavy atom. The van der Waals surface area contributed by atoms with Crippen LogP contribution in [0.4, 0.5) is 11.6 Å². The summed E-state index contributed by atoms with van der Waals surface area (Å²) in [5.41, 5.74) is 5.49. The highest BCUT2D eigenvalue weighted by Gasteiger charge is 2.06. The number of hydrogen-bond donors (Lipinski definition) is 1. The molecular weight excluding hydrogens is 214 g/mol. The molecule has 0 fully saturated rings. The van der Waals surface area contributed by atoms with Crippen LogP contribution in [0, 0.1) is 0 Å². The van der Waals surface area contributed by atoms with Crippen molar-refractivity contribution in [2.24, 2.45) is 5.73 Å². The summed E-state index contributed by atoms with van der Waals surface area (Å²) in [4.78, 5) is 14.8. The van der Waals surface area contributed by atoms with Crippen molar-refractivity contribution >= 4 is 11.6 Å². The molecule has 2 N–H and O–H groups in total. The van der Waals surface area contributed by atoms with Gasteiger partial charge in [0.1, 0.15) is 17.5 Å². The third-order valence-electron chi connectivity index (χ3n) is 2.40. The van der Waals surface area contributed by atoms with Crippen LogP contribution in [0.1, 0.15) is 5.82 Å². The van der Waals surface area contributed by atoms with Crippen molar-refractivity contribution < 1.29 is 0 Å². The molecule has 0 unspecified atom stereocenters. The Labute approximate surface area is 100 Å². The first kappa shape index (κ1) is 11.5. The minimum atomic E-state index is 0.552. The maximum atomic E-state index is 5.49. The molecule has 0 amide bonds. The smallest absolute Gasteiger partial charge is 0.137 e. The zero-order valence-electron chi connectivity index (χ0n) is 9.74. The molecule has 0 spiro atoms. The van der Waals surface area contributed by atoms with Crippen LogP contribution >= 0.6 is 0 Å². The lowest BCUT2D eigenvalue weighted by Gasteiger charge is -2.17. The molecule has 0 aliphatic rings. The van der Waals surface area contributed by atoms with Gasteiger partial charge in [0.25, 0.3) is 0 Å². The van der Waals surface area contributed by atoms with E-state index in [4.69, 9.17) is 5.73 Å². The summed E-state index contributed by atoms with van der Waals surface area (Å²) in [7, 11) is 1.93. The maximum Gasteiger partial charge on any atom is 0.137 e. The normalized spacial score (nSPS) is 10.2. The predicted octanol–water partition coefficient (Wildman–Crippen LogP) is 1.14. The van der Waals surface area contributed by atoms with Gasteiger partial charge in [-0.25, -0.2) is 15.0 Å². The zero-order valence-corrected chi connectivity index (χ0v) is 9.74. The van der Waals surface area contributed by atoms with Crippen LogP contribution in [0.3, 0.4) is 0 Å². The van der Waals surface area contributed by atoms with Crippen molar-refractivity contribution in [3.63, 3.8) is 0 Å². The van der Waals surface area contributed by atoms with E-state index >= 15 is 0 Å². The summed E-state index contributed by atoms with van der Waals surface area (Å²) in [6.07, 6.45) is 4.19. The molecule has 0 saturated carbocycles. The molecule has 0 saturated heterocycles. The minimum Gasteiger partial charge on any atom is -0.330 e. The average Bonchev–Trinajstić information content (AvgIpc) is 2.40. The van der Waals surface area contributed by atoms with Crippen molar-refractivity contribution in [1.82, 2.24) is 15.0 Å². The lowest BCUT2D eigenvalue weighted by molar-refractivity contribution is 0.860. The first-order chi connectivity index (χ1) is 8.31. The van der Waals surface area contributed by atoms with E-state index in [0.717, 1.165) is 17.5 Å². The van der Waals surface area contributed by atoms with Crippen molar-refractivity contribution in [2.75, 3.05) is 18.5 Å². The quantitative estimate of drug-likeness (QED) is 0.851. The van der Waals surface area contributed by atoms with E-state index in [-0.39, 0.29) is 0 Å². The van der Waals surface area contributed by atoms with E-state index in [1.54, 1.807) is 12.4 Å². The molecule has 5 heteroatoms. The SMILES string of the molecule is CN(c1ccccn1)c1ccnc(CCN)n1. The molecule has 0 bridgehead atoms. The summed E-state index contributed by atoms with van der Waals surface area (Å²) in [5, 5.41) is 0. The highest BCUT2D eigenvalue weighted by atomic mass is 15.2. The molecule has 5 nitrogen and oxygen atoms in total. The fraction of sp³-hybridized carbons (Fsp3) is 0.250. The van der Waals surface area contributed by atoms with E-state index in [9.17, 15) is 0 Å². The van der Waals surface area contributed by atoms with Gasteiger partial charge in [0.05, 0.1) is 0 Å². The Bertz CT molecular complexity index is 471. The Morgan fingerprint density at radius 3 is 2.71 bits per heavy atom. The highest BCUT2D eigenvalue weighted by Crippen LogP contribution is 2.17. The molecular formula is C12H15N5. The summed E-state index contributed by atoms with van der Waals surface area (Å²) in [6, 6.07) is 7.62. The Kier molecular flexibility index (Phi) is 3.62. The largest absolute Gasteiger partial charge is 0.330 e. The van der Waals surface area contributed by atoms with Crippen LogP contribution in [-0.2, 0) is 6.42 Å². The number of hydrogen-bond acceptors (Lipinski definition) is 5. The summed E-state index contributed by atoms with van der Waals surface area (Å²) >= 11 is 0. The number of aromatic nitrogens is 3. The maximum absolute atomic E-state index is 5.49. The number of nitrogens with zero attached hydrogens (tertiary/aromatic N) is 4. The van der Waals surface area contributed by atoms with E-state index in [0.29, 0.717) is 13.0 Å². The summed E-state index contributed by atoms with van der Waals surface area (Å²) in [5.74, 6) is 2.43. The van der Waals surface area contributed by atoms with Crippen LogP contribution in [0.5, 0.6) is 0 Å². The third-order valence-corrected chi connectivity index (χ3v) is 2.40.